The lowest BCUT2D eigenvalue weighted by atomic mass is 10.1. The van der Waals surface area contributed by atoms with Crippen LogP contribution in [0.2, 0.25) is 0 Å². The molecule has 1 saturated heterocycles. The van der Waals surface area contributed by atoms with E-state index in [0.717, 1.165) is 21.1 Å². The van der Waals surface area contributed by atoms with Crippen LogP contribution in [0.5, 0.6) is 0 Å². The SMILES string of the molecule is O=S1(=O)CCC(Nc2cccc3cc(Br)cnc23)C1. The third-order valence-electron chi connectivity index (χ3n) is 3.27. The zero-order valence-electron chi connectivity index (χ0n) is 10.1. The third kappa shape index (κ3) is 2.74. The first-order valence-electron chi connectivity index (χ1n) is 6.05. The molecule has 0 amide bonds. The van der Waals surface area contributed by atoms with E-state index in [2.05, 4.69) is 26.2 Å². The molecule has 1 unspecified atom stereocenters. The number of para-hydroxylation sites is 1. The molecule has 100 valence electrons. The Balaban J connectivity index is 1.93. The van der Waals surface area contributed by atoms with E-state index in [-0.39, 0.29) is 17.5 Å². The summed E-state index contributed by atoms with van der Waals surface area (Å²) in [6.07, 6.45) is 2.41. The second-order valence-corrected chi connectivity index (χ2v) is 7.92. The average Bonchev–Trinajstić information content (AvgIpc) is 2.68. The molecule has 19 heavy (non-hydrogen) atoms. The Morgan fingerprint density at radius 1 is 1.37 bits per heavy atom. The van der Waals surface area contributed by atoms with Gasteiger partial charge < -0.3 is 5.32 Å². The van der Waals surface area contributed by atoms with Crippen LogP contribution in [0.25, 0.3) is 10.9 Å². The summed E-state index contributed by atoms with van der Waals surface area (Å²) in [5, 5.41) is 4.33. The lowest BCUT2D eigenvalue weighted by Crippen LogP contribution is -2.20. The Bertz CT molecular complexity index is 731. The highest BCUT2D eigenvalue weighted by molar-refractivity contribution is 9.10. The molecule has 2 heterocycles. The lowest BCUT2D eigenvalue weighted by Gasteiger charge is -2.14. The number of anilines is 1. The molecule has 0 saturated carbocycles. The summed E-state index contributed by atoms with van der Waals surface area (Å²) in [5.74, 6) is 0.480. The summed E-state index contributed by atoms with van der Waals surface area (Å²) in [5.41, 5.74) is 1.77. The predicted octanol–water partition coefficient (Wildman–Crippen LogP) is 2.60. The van der Waals surface area contributed by atoms with Crippen molar-refractivity contribution in [3.05, 3.63) is 34.9 Å². The maximum Gasteiger partial charge on any atom is 0.152 e. The van der Waals surface area contributed by atoms with Crippen molar-refractivity contribution in [1.29, 1.82) is 0 Å². The van der Waals surface area contributed by atoms with Gasteiger partial charge in [0.05, 0.1) is 22.7 Å². The Morgan fingerprint density at radius 3 is 2.95 bits per heavy atom. The number of aromatic nitrogens is 1. The van der Waals surface area contributed by atoms with E-state index in [9.17, 15) is 8.42 Å². The van der Waals surface area contributed by atoms with Crippen molar-refractivity contribution in [2.45, 2.75) is 12.5 Å². The van der Waals surface area contributed by atoms with Crippen LogP contribution in [0.4, 0.5) is 5.69 Å². The van der Waals surface area contributed by atoms with Gasteiger partial charge in [-0.25, -0.2) is 8.42 Å². The largest absolute Gasteiger partial charge is 0.379 e. The number of pyridine rings is 1. The number of rotatable bonds is 2. The maximum atomic E-state index is 11.5. The van der Waals surface area contributed by atoms with E-state index in [1.165, 1.54) is 0 Å². The summed E-state index contributed by atoms with van der Waals surface area (Å²) in [7, 11) is -2.87. The van der Waals surface area contributed by atoms with E-state index in [4.69, 9.17) is 0 Å². The number of nitrogens with one attached hydrogen (secondary N) is 1. The number of hydrogen-bond donors (Lipinski definition) is 1. The first-order chi connectivity index (χ1) is 9.03. The smallest absolute Gasteiger partial charge is 0.152 e. The normalized spacial score (nSPS) is 21.6. The molecule has 1 aromatic carbocycles. The molecule has 0 spiro atoms. The second kappa shape index (κ2) is 4.76. The number of hydrogen-bond acceptors (Lipinski definition) is 4. The molecule has 4 nitrogen and oxygen atoms in total. The van der Waals surface area contributed by atoms with Crippen LogP contribution in [0.1, 0.15) is 6.42 Å². The van der Waals surface area contributed by atoms with Crippen molar-refractivity contribution in [1.82, 2.24) is 4.98 Å². The van der Waals surface area contributed by atoms with Crippen LogP contribution < -0.4 is 5.32 Å². The van der Waals surface area contributed by atoms with Gasteiger partial charge in [0.15, 0.2) is 9.84 Å². The van der Waals surface area contributed by atoms with Gasteiger partial charge >= 0.3 is 0 Å². The molecule has 1 aliphatic heterocycles. The molecule has 1 aliphatic rings. The van der Waals surface area contributed by atoms with E-state index in [1.54, 1.807) is 6.20 Å². The highest BCUT2D eigenvalue weighted by atomic mass is 79.9. The third-order valence-corrected chi connectivity index (χ3v) is 5.47. The Hall–Kier alpha value is -1.14. The highest BCUT2D eigenvalue weighted by Gasteiger charge is 2.27. The molecule has 2 aromatic rings. The van der Waals surface area contributed by atoms with Crippen LogP contribution in [0.15, 0.2) is 34.9 Å². The number of sulfone groups is 1. The fraction of sp³-hybridized carbons (Fsp3) is 0.308. The molecule has 0 aliphatic carbocycles. The Morgan fingerprint density at radius 2 is 2.21 bits per heavy atom. The molecular weight excluding hydrogens is 328 g/mol. The van der Waals surface area contributed by atoms with Gasteiger partial charge in [-0.3, -0.25) is 4.98 Å². The molecule has 1 fully saturated rings. The van der Waals surface area contributed by atoms with E-state index in [1.807, 2.05) is 24.3 Å². The van der Waals surface area contributed by atoms with Crippen LogP contribution >= 0.6 is 15.9 Å². The molecule has 3 rings (SSSR count). The van der Waals surface area contributed by atoms with Gasteiger partial charge in [0.25, 0.3) is 0 Å². The van der Waals surface area contributed by atoms with Crippen LogP contribution in [0.3, 0.4) is 0 Å². The zero-order chi connectivity index (χ0) is 13.5. The second-order valence-electron chi connectivity index (χ2n) is 4.78. The first kappa shape index (κ1) is 12.9. The molecule has 1 N–H and O–H groups in total. The van der Waals surface area contributed by atoms with Gasteiger partial charge in [-0.2, -0.15) is 0 Å². The monoisotopic (exact) mass is 340 g/mol. The van der Waals surface area contributed by atoms with E-state index < -0.39 is 9.84 Å². The van der Waals surface area contributed by atoms with Gasteiger partial charge in [0.1, 0.15) is 0 Å². The summed E-state index contributed by atoms with van der Waals surface area (Å²) < 4.78 is 23.9. The van der Waals surface area contributed by atoms with Gasteiger partial charge in [-0.1, -0.05) is 12.1 Å². The number of nitrogens with zero attached hydrogens (tertiary/aromatic N) is 1. The standard InChI is InChI=1S/C13H13BrN2O2S/c14-10-6-9-2-1-3-12(13(9)15-7-10)16-11-4-5-19(17,18)8-11/h1-3,6-7,11,16H,4-5,8H2. The molecule has 0 bridgehead atoms. The summed E-state index contributed by atoms with van der Waals surface area (Å²) in [4.78, 5) is 4.40. The topological polar surface area (TPSA) is 59.1 Å². The van der Waals surface area contributed by atoms with Gasteiger partial charge in [-0.15, -0.1) is 0 Å². The molecule has 6 heteroatoms. The number of benzene rings is 1. The van der Waals surface area contributed by atoms with Crippen molar-refractivity contribution in [2.24, 2.45) is 0 Å². The van der Waals surface area contributed by atoms with Crippen molar-refractivity contribution in [3.8, 4) is 0 Å². The van der Waals surface area contributed by atoms with Crippen LogP contribution in [-0.4, -0.2) is 30.9 Å². The fourth-order valence-electron chi connectivity index (χ4n) is 2.38. The molecular formula is C13H13BrN2O2S. The van der Waals surface area contributed by atoms with Crippen molar-refractivity contribution in [2.75, 3.05) is 16.8 Å². The predicted molar refractivity (Wildman–Crippen MR) is 80.1 cm³/mol. The van der Waals surface area contributed by atoms with Crippen molar-refractivity contribution >= 4 is 42.4 Å². The van der Waals surface area contributed by atoms with Gasteiger partial charge in [0, 0.05) is 22.1 Å². The highest BCUT2D eigenvalue weighted by Crippen LogP contribution is 2.26. The summed E-state index contributed by atoms with van der Waals surface area (Å²) >= 11 is 3.40. The van der Waals surface area contributed by atoms with Crippen molar-refractivity contribution < 1.29 is 8.42 Å². The molecule has 1 aromatic heterocycles. The Kier molecular flexibility index (Phi) is 3.22. The fourth-order valence-corrected chi connectivity index (χ4v) is 4.40. The summed E-state index contributed by atoms with van der Waals surface area (Å²) in [6, 6.07) is 7.86. The number of halogens is 1. The van der Waals surface area contributed by atoms with Gasteiger partial charge in [0.2, 0.25) is 0 Å². The van der Waals surface area contributed by atoms with E-state index >= 15 is 0 Å². The van der Waals surface area contributed by atoms with Crippen molar-refractivity contribution in [3.63, 3.8) is 0 Å². The van der Waals surface area contributed by atoms with Gasteiger partial charge in [-0.05, 0) is 34.5 Å². The minimum atomic E-state index is -2.87. The lowest BCUT2D eigenvalue weighted by molar-refractivity contribution is 0.602. The quantitative estimate of drug-likeness (QED) is 0.912. The Labute approximate surface area is 120 Å². The maximum absolute atomic E-state index is 11.5. The average molecular weight is 341 g/mol. The molecule has 0 radical (unpaired) electrons. The minimum Gasteiger partial charge on any atom is -0.379 e. The first-order valence-corrected chi connectivity index (χ1v) is 8.66. The van der Waals surface area contributed by atoms with Crippen LogP contribution in [0, 0.1) is 0 Å². The number of fused-ring (bicyclic) bond motifs is 1. The minimum absolute atomic E-state index is 0.0129. The van der Waals surface area contributed by atoms with Crippen LogP contribution in [-0.2, 0) is 9.84 Å². The zero-order valence-corrected chi connectivity index (χ0v) is 12.5. The molecule has 1 atom stereocenters. The van der Waals surface area contributed by atoms with E-state index in [0.29, 0.717) is 6.42 Å². The summed E-state index contributed by atoms with van der Waals surface area (Å²) in [6.45, 7) is 0.